The first-order chi connectivity index (χ1) is 22.9. The van der Waals surface area contributed by atoms with Crippen molar-refractivity contribution < 1.29 is 19.4 Å². The van der Waals surface area contributed by atoms with E-state index < -0.39 is 6.09 Å². The summed E-state index contributed by atoms with van der Waals surface area (Å²) in [4.78, 5) is 51.7. The van der Waals surface area contributed by atoms with Gasteiger partial charge in [0.1, 0.15) is 12.1 Å². The van der Waals surface area contributed by atoms with Crippen LogP contribution in [0.1, 0.15) is 28.2 Å². The Balaban J connectivity index is 0.000000227. The Hall–Kier alpha value is -5.01. The zero-order chi connectivity index (χ0) is 32.8. The molecule has 5 heterocycles. The van der Waals surface area contributed by atoms with Gasteiger partial charge in [-0.1, -0.05) is 12.1 Å². The molecule has 13 nitrogen and oxygen atoms in total. The number of nitrogens with zero attached hydrogens (tertiary/aromatic N) is 9. The molecule has 0 bridgehead atoms. The summed E-state index contributed by atoms with van der Waals surface area (Å²) in [5.74, 6) is 0.575. The Morgan fingerprint density at radius 2 is 1.38 bits per heavy atom. The summed E-state index contributed by atoms with van der Waals surface area (Å²) < 4.78 is 5.58. The molecule has 47 heavy (non-hydrogen) atoms. The molecule has 6 rings (SSSR count). The van der Waals surface area contributed by atoms with E-state index in [1.54, 1.807) is 36.0 Å². The van der Waals surface area contributed by atoms with Crippen LogP contribution in [0.2, 0.25) is 0 Å². The van der Waals surface area contributed by atoms with E-state index in [-0.39, 0.29) is 6.09 Å². The Labute approximate surface area is 274 Å². The second-order valence-electron chi connectivity index (χ2n) is 11.5. The van der Waals surface area contributed by atoms with Gasteiger partial charge in [0.15, 0.2) is 0 Å². The van der Waals surface area contributed by atoms with Crippen LogP contribution in [0.15, 0.2) is 79.8 Å². The summed E-state index contributed by atoms with van der Waals surface area (Å²) >= 11 is 0. The Morgan fingerprint density at radius 1 is 0.702 bits per heavy atom. The number of aryl methyl sites for hydroxylation is 3. The van der Waals surface area contributed by atoms with Crippen molar-refractivity contribution in [1.82, 2.24) is 44.5 Å². The van der Waals surface area contributed by atoms with Gasteiger partial charge in [0, 0.05) is 102 Å². The van der Waals surface area contributed by atoms with E-state index in [0.717, 1.165) is 69.2 Å². The van der Waals surface area contributed by atoms with Crippen molar-refractivity contribution in [1.29, 1.82) is 0 Å². The van der Waals surface area contributed by atoms with E-state index in [9.17, 15) is 9.59 Å². The average Bonchev–Trinajstić information content (AvgIpc) is 3.10. The third-order valence-corrected chi connectivity index (χ3v) is 8.07. The van der Waals surface area contributed by atoms with E-state index >= 15 is 0 Å². The fraction of sp³-hybridized carbons (Fsp3) is 0.382. The van der Waals surface area contributed by atoms with Crippen molar-refractivity contribution in [3.05, 3.63) is 108 Å². The molecule has 0 aliphatic carbocycles. The highest BCUT2D eigenvalue weighted by molar-refractivity contribution is 5.70. The average molecular weight is 640 g/mol. The van der Waals surface area contributed by atoms with E-state index in [2.05, 4.69) is 47.7 Å². The van der Waals surface area contributed by atoms with Crippen LogP contribution in [0.4, 0.5) is 9.59 Å². The molecule has 0 saturated carbocycles. The molecule has 0 spiro atoms. The summed E-state index contributed by atoms with van der Waals surface area (Å²) in [5.41, 5.74) is 5.42. The molecule has 4 aromatic rings. The SMILES string of the molecule is Cc1ccnc(CCc2ccc(OC(=O)N3CCN(Cc4ccncn4)CC3)cc2)c1.O=C(O)N1CCN(Cc2cnccn2)CC1. The molecule has 2 saturated heterocycles. The Morgan fingerprint density at radius 3 is 2.00 bits per heavy atom. The lowest BCUT2D eigenvalue weighted by Crippen LogP contribution is -2.49. The van der Waals surface area contributed by atoms with Crippen LogP contribution in [0.5, 0.6) is 5.75 Å². The van der Waals surface area contributed by atoms with Gasteiger partial charge in [0.05, 0.1) is 11.4 Å². The predicted octanol–water partition coefficient (Wildman–Crippen LogP) is 3.55. The minimum absolute atomic E-state index is 0.293. The monoisotopic (exact) mass is 639 g/mol. The highest BCUT2D eigenvalue weighted by Gasteiger charge is 2.23. The molecule has 0 unspecified atom stereocenters. The maximum atomic E-state index is 12.5. The summed E-state index contributed by atoms with van der Waals surface area (Å²) in [7, 11) is 0. The topological polar surface area (TPSA) is 141 Å². The summed E-state index contributed by atoms with van der Waals surface area (Å²) in [6.45, 7) is 9.10. The molecule has 0 atom stereocenters. The number of pyridine rings is 1. The maximum Gasteiger partial charge on any atom is 0.415 e. The number of carboxylic acid groups (broad SMARTS) is 1. The molecule has 2 aliphatic rings. The minimum atomic E-state index is -0.834. The lowest BCUT2D eigenvalue weighted by Gasteiger charge is -2.33. The Kier molecular flexibility index (Phi) is 12.1. The fourth-order valence-electron chi connectivity index (χ4n) is 5.36. The highest BCUT2D eigenvalue weighted by Crippen LogP contribution is 2.16. The number of carbonyl (C=O) groups is 2. The van der Waals surface area contributed by atoms with E-state index in [4.69, 9.17) is 9.84 Å². The lowest BCUT2D eigenvalue weighted by molar-refractivity contribution is 0.102. The van der Waals surface area contributed by atoms with Crippen LogP contribution >= 0.6 is 0 Å². The largest absolute Gasteiger partial charge is 0.465 e. The predicted molar refractivity (Wildman–Crippen MR) is 175 cm³/mol. The first-order valence-corrected chi connectivity index (χ1v) is 15.8. The Bertz CT molecular complexity index is 1550. The van der Waals surface area contributed by atoms with Crippen molar-refractivity contribution in [3.8, 4) is 5.75 Å². The zero-order valence-corrected chi connectivity index (χ0v) is 26.7. The van der Waals surface area contributed by atoms with Gasteiger partial charge in [-0.05, 0) is 61.2 Å². The molecule has 13 heteroatoms. The highest BCUT2D eigenvalue weighted by atomic mass is 16.6. The number of rotatable bonds is 8. The second-order valence-corrected chi connectivity index (χ2v) is 11.5. The number of piperazine rings is 2. The molecular formula is C34H41N9O4. The summed E-state index contributed by atoms with van der Waals surface area (Å²) in [6, 6.07) is 13.8. The number of amides is 2. The lowest BCUT2D eigenvalue weighted by atomic mass is 10.1. The molecular weight excluding hydrogens is 598 g/mol. The molecule has 1 aromatic carbocycles. The fourth-order valence-corrected chi connectivity index (χ4v) is 5.36. The molecule has 3 aromatic heterocycles. The number of benzene rings is 1. The van der Waals surface area contributed by atoms with Crippen molar-refractivity contribution >= 4 is 12.2 Å². The van der Waals surface area contributed by atoms with Crippen molar-refractivity contribution in [3.63, 3.8) is 0 Å². The van der Waals surface area contributed by atoms with Gasteiger partial charge in [-0.15, -0.1) is 0 Å². The number of hydrogen-bond donors (Lipinski definition) is 1. The molecule has 2 fully saturated rings. The van der Waals surface area contributed by atoms with Gasteiger partial charge >= 0.3 is 12.2 Å². The third kappa shape index (κ3) is 10.8. The van der Waals surface area contributed by atoms with Crippen molar-refractivity contribution in [2.75, 3.05) is 52.4 Å². The van der Waals surface area contributed by atoms with Crippen LogP contribution in [0.25, 0.3) is 0 Å². The molecule has 1 N–H and O–H groups in total. The molecule has 0 radical (unpaired) electrons. The number of hydrogen-bond acceptors (Lipinski definition) is 10. The molecule has 2 amide bonds. The molecule has 246 valence electrons. The summed E-state index contributed by atoms with van der Waals surface area (Å²) in [5, 5.41) is 8.80. The maximum absolute atomic E-state index is 12.5. The van der Waals surface area contributed by atoms with Crippen LogP contribution in [-0.2, 0) is 25.9 Å². The first-order valence-electron chi connectivity index (χ1n) is 15.8. The second kappa shape index (κ2) is 17.1. The van der Waals surface area contributed by atoms with E-state index in [1.807, 2.05) is 42.6 Å². The van der Waals surface area contributed by atoms with Gasteiger partial charge in [-0.2, -0.15) is 0 Å². The van der Waals surface area contributed by atoms with Crippen LogP contribution in [0.3, 0.4) is 0 Å². The minimum Gasteiger partial charge on any atom is -0.465 e. The van der Waals surface area contributed by atoms with Gasteiger partial charge in [0.2, 0.25) is 0 Å². The van der Waals surface area contributed by atoms with Crippen molar-refractivity contribution in [2.24, 2.45) is 0 Å². The zero-order valence-electron chi connectivity index (χ0n) is 26.7. The normalized spacial score (nSPS) is 15.4. The standard InChI is InChI=1S/C24H27N5O2.C10H14N4O2/c1-19-8-11-26-21(16-19)5-2-20-3-6-23(7-4-20)31-24(30)29-14-12-28(13-15-29)17-22-9-10-25-18-27-22;15-10(16)14-5-3-13(4-6-14)8-9-7-11-1-2-12-9/h3-4,6-11,16,18H,2,5,12-15,17H2,1H3;1-2,7H,3-6,8H2,(H,15,16). The number of aromatic nitrogens is 5. The quantitative estimate of drug-likeness (QED) is 0.303. The van der Waals surface area contributed by atoms with Crippen LogP contribution in [-0.4, -0.2) is 114 Å². The van der Waals surface area contributed by atoms with Crippen LogP contribution in [0, 0.1) is 6.92 Å². The smallest absolute Gasteiger partial charge is 0.415 e. The van der Waals surface area contributed by atoms with Crippen LogP contribution < -0.4 is 4.74 Å². The van der Waals surface area contributed by atoms with E-state index in [1.165, 1.54) is 16.0 Å². The number of ether oxygens (including phenoxy) is 1. The third-order valence-electron chi connectivity index (χ3n) is 8.07. The van der Waals surface area contributed by atoms with Gasteiger partial charge in [-0.25, -0.2) is 19.6 Å². The van der Waals surface area contributed by atoms with Crippen molar-refractivity contribution in [2.45, 2.75) is 32.9 Å². The van der Waals surface area contributed by atoms with Gasteiger partial charge in [-0.3, -0.25) is 24.8 Å². The first kappa shape index (κ1) is 33.4. The summed E-state index contributed by atoms with van der Waals surface area (Å²) in [6.07, 6.45) is 10.9. The van der Waals surface area contributed by atoms with Gasteiger partial charge in [0.25, 0.3) is 0 Å². The van der Waals surface area contributed by atoms with Gasteiger partial charge < -0.3 is 19.6 Å². The van der Waals surface area contributed by atoms with E-state index in [0.29, 0.717) is 31.9 Å². The number of carbonyl (C=O) groups excluding carboxylic acids is 1. The molecule has 2 aliphatic heterocycles.